The highest BCUT2D eigenvalue weighted by Gasteiger charge is 2.34. The van der Waals surface area contributed by atoms with Crippen molar-refractivity contribution in [2.75, 3.05) is 46.9 Å². The molecule has 31 heavy (non-hydrogen) atoms. The second-order valence-electron chi connectivity index (χ2n) is 8.77. The smallest absolute Gasteiger partial charge is 0.280 e. The van der Waals surface area contributed by atoms with Gasteiger partial charge in [0.25, 0.3) is 5.91 Å². The summed E-state index contributed by atoms with van der Waals surface area (Å²) in [5, 5.41) is 0. The number of hydrogen-bond acceptors (Lipinski definition) is 3. The van der Waals surface area contributed by atoms with E-state index in [1.54, 1.807) is 19.1 Å². The van der Waals surface area contributed by atoms with Crippen LogP contribution in [0.4, 0.5) is 0 Å². The highest BCUT2D eigenvalue weighted by Crippen LogP contribution is 2.27. The maximum Gasteiger partial charge on any atom is 0.280 e. The first kappa shape index (κ1) is 21.7. The maximum absolute atomic E-state index is 13.2. The van der Waals surface area contributed by atoms with E-state index in [-0.39, 0.29) is 6.04 Å². The number of carbonyl (C=O) groups is 1. The number of methoxy groups -OCH3 is 2. The number of fused-ring (bicyclic) bond motifs is 1. The van der Waals surface area contributed by atoms with Gasteiger partial charge in [-0.15, -0.1) is 0 Å². The number of piperazine rings is 1. The summed E-state index contributed by atoms with van der Waals surface area (Å²) in [6.45, 7) is 8.87. The molecule has 0 saturated carbocycles. The number of carbonyl (C=O) groups excluding carboxylic acids is 1. The summed E-state index contributed by atoms with van der Waals surface area (Å²) in [6, 6.07) is 14.7. The SMILES string of the molecule is COc1ccc(C[NH+]2CC[NH+]([C@H](C)C(=O)N3CCc4ccccc4C3)CC2)cc1OC. The number of benzene rings is 2. The molecule has 2 aliphatic heterocycles. The Morgan fingerprint density at radius 2 is 1.71 bits per heavy atom. The molecule has 1 amide bonds. The molecule has 0 bridgehead atoms. The average Bonchev–Trinajstić information content (AvgIpc) is 2.83. The highest BCUT2D eigenvalue weighted by molar-refractivity contribution is 5.80. The van der Waals surface area contributed by atoms with Crippen LogP contribution in [0.2, 0.25) is 0 Å². The van der Waals surface area contributed by atoms with Gasteiger partial charge in [0.1, 0.15) is 32.7 Å². The van der Waals surface area contributed by atoms with Gasteiger partial charge in [-0.05, 0) is 42.7 Å². The lowest BCUT2D eigenvalue weighted by Gasteiger charge is -2.36. The summed E-state index contributed by atoms with van der Waals surface area (Å²) in [5.74, 6) is 1.85. The number of nitrogens with one attached hydrogen (secondary N) is 2. The van der Waals surface area contributed by atoms with Crippen LogP contribution in [-0.2, 0) is 24.3 Å². The lowest BCUT2D eigenvalue weighted by atomic mass is 9.99. The van der Waals surface area contributed by atoms with Crippen LogP contribution in [-0.4, -0.2) is 63.8 Å². The summed E-state index contributed by atoms with van der Waals surface area (Å²) >= 11 is 0. The Morgan fingerprint density at radius 3 is 2.42 bits per heavy atom. The van der Waals surface area contributed by atoms with Crippen molar-refractivity contribution in [3.05, 3.63) is 59.2 Å². The molecular weight excluding hydrogens is 390 g/mol. The van der Waals surface area contributed by atoms with Crippen molar-refractivity contribution in [1.82, 2.24) is 4.90 Å². The van der Waals surface area contributed by atoms with Crippen molar-refractivity contribution in [2.24, 2.45) is 0 Å². The van der Waals surface area contributed by atoms with Gasteiger partial charge in [0, 0.05) is 18.7 Å². The zero-order chi connectivity index (χ0) is 21.8. The fourth-order valence-corrected chi connectivity index (χ4v) is 4.95. The predicted molar refractivity (Wildman–Crippen MR) is 120 cm³/mol. The average molecular weight is 426 g/mol. The molecule has 2 N–H and O–H groups in total. The van der Waals surface area contributed by atoms with Gasteiger partial charge in [-0.2, -0.15) is 0 Å². The zero-order valence-electron chi connectivity index (χ0n) is 18.9. The van der Waals surface area contributed by atoms with Crippen LogP contribution in [0.15, 0.2) is 42.5 Å². The first-order valence-electron chi connectivity index (χ1n) is 11.3. The van der Waals surface area contributed by atoms with Gasteiger partial charge in [-0.3, -0.25) is 4.79 Å². The van der Waals surface area contributed by atoms with Crippen LogP contribution in [0.5, 0.6) is 11.5 Å². The lowest BCUT2D eigenvalue weighted by molar-refractivity contribution is -1.02. The van der Waals surface area contributed by atoms with Crippen molar-refractivity contribution in [3.8, 4) is 11.5 Å². The minimum atomic E-state index is 0.0212. The van der Waals surface area contributed by atoms with Gasteiger partial charge < -0.3 is 24.2 Å². The van der Waals surface area contributed by atoms with E-state index in [9.17, 15) is 4.79 Å². The van der Waals surface area contributed by atoms with Crippen LogP contribution in [0, 0.1) is 0 Å². The molecular formula is C25H35N3O3+2. The number of quaternary nitrogens is 2. The number of nitrogens with zero attached hydrogens (tertiary/aromatic N) is 1. The molecule has 4 rings (SSSR count). The minimum Gasteiger partial charge on any atom is -0.493 e. The molecule has 0 unspecified atom stereocenters. The van der Waals surface area contributed by atoms with Crippen molar-refractivity contribution in [2.45, 2.75) is 32.5 Å². The fraction of sp³-hybridized carbons (Fsp3) is 0.480. The van der Waals surface area contributed by atoms with Crippen LogP contribution in [0.25, 0.3) is 0 Å². The standard InChI is InChI=1S/C25H33N3O3/c1-19(25(29)28-11-10-21-6-4-5-7-22(21)18-28)27-14-12-26(13-15-27)17-20-8-9-23(30-2)24(16-20)31-3/h4-9,16,19H,10-15,17-18H2,1-3H3/p+2/t19-/m1/s1. The Balaban J connectivity index is 1.30. The van der Waals surface area contributed by atoms with Crippen LogP contribution < -0.4 is 19.3 Å². The van der Waals surface area contributed by atoms with Crippen LogP contribution >= 0.6 is 0 Å². The first-order chi connectivity index (χ1) is 15.1. The third kappa shape index (κ3) is 4.86. The molecule has 0 radical (unpaired) electrons. The molecule has 6 nitrogen and oxygen atoms in total. The summed E-state index contributed by atoms with van der Waals surface area (Å²) in [6.07, 6.45) is 0.965. The van der Waals surface area contributed by atoms with Crippen LogP contribution in [0.3, 0.4) is 0 Å². The number of hydrogen-bond donors (Lipinski definition) is 2. The lowest BCUT2D eigenvalue weighted by Crippen LogP contribution is -3.29. The second kappa shape index (κ2) is 9.71. The molecule has 0 aliphatic carbocycles. The number of amides is 1. The molecule has 0 aromatic heterocycles. The minimum absolute atomic E-state index is 0.0212. The molecule has 2 aliphatic rings. The van der Waals surface area contributed by atoms with Gasteiger partial charge in [0.05, 0.1) is 14.2 Å². The highest BCUT2D eigenvalue weighted by atomic mass is 16.5. The van der Waals surface area contributed by atoms with Gasteiger partial charge in [-0.25, -0.2) is 0 Å². The predicted octanol–water partition coefficient (Wildman–Crippen LogP) is -0.0394. The first-order valence-corrected chi connectivity index (χ1v) is 11.3. The van der Waals surface area contributed by atoms with E-state index in [1.165, 1.54) is 21.6 Å². The summed E-state index contributed by atoms with van der Waals surface area (Å²) in [7, 11) is 3.34. The third-order valence-electron chi connectivity index (χ3n) is 6.93. The second-order valence-corrected chi connectivity index (χ2v) is 8.77. The molecule has 1 atom stereocenters. The molecule has 2 heterocycles. The third-order valence-corrected chi connectivity index (χ3v) is 6.93. The van der Waals surface area contributed by atoms with E-state index in [2.05, 4.69) is 48.2 Å². The van der Waals surface area contributed by atoms with Gasteiger partial charge in [0.15, 0.2) is 17.5 Å². The molecule has 166 valence electrons. The normalized spacial score (nSPS) is 21.8. The Labute approximate surface area is 185 Å². The summed E-state index contributed by atoms with van der Waals surface area (Å²) < 4.78 is 10.8. The quantitative estimate of drug-likeness (QED) is 0.683. The Bertz CT molecular complexity index is 909. The summed E-state index contributed by atoms with van der Waals surface area (Å²) in [4.78, 5) is 18.2. The van der Waals surface area contributed by atoms with E-state index in [0.29, 0.717) is 5.91 Å². The van der Waals surface area contributed by atoms with Gasteiger partial charge in [-0.1, -0.05) is 24.3 Å². The number of ether oxygens (including phenoxy) is 2. The van der Waals surface area contributed by atoms with Gasteiger partial charge >= 0.3 is 0 Å². The Hall–Kier alpha value is -2.57. The fourth-order valence-electron chi connectivity index (χ4n) is 4.95. The van der Waals surface area contributed by atoms with Crippen LogP contribution in [0.1, 0.15) is 23.6 Å². The van der Waals surface area contributed by atoms with E-state index < -0.39 is 0 Å². The molecule has 1 saturated heterocycles. The van der Waals surface area contributed by atoms with Crippen molar-refractivity contribution in [1.29, 1.82) is 0 Å². The molecule has 6 heteroatoms. The number of rotatable bonds is 6. The maximum atomic E-state index is 13.2. The van der Waals surface area contributed by atoms with E-state index in [0.717, 1.165) is 63.7 Å². The topological polar surface area (TPSA) is 47.7 Å². The zero-order valence-corrected chi connectivity index (χ0v) is 18.9. The molecule has 2 aromatic rings. The monoisotopic (exact) mass is 425 g/mol. The van der Waals surface area contributed by atoms with Gasteiger partial charge in [0.2, 0.25) is 0 Å². The molecule has 0 spiro atoms. The Morgan fingerprint density at radius 1 is 1.00 bits per heavy atom. The molecule has 2 aromatic carbocycles. The van der Waals surface area contributed by atoms with E-state index >= 15 is 0 Å². The molecule has 1 fully saturated rings. The largest absolute Gasteiger partial charge is 0.493 e. The van der Waals surface area contributed by atoms with E-state index in [1.807, 2.05) is 6.07 Å². The van der Waals surface area contributed by atoms with Crippen molar-refractivity contribution < 1.29 is 24.1 Å². The summed E-state index contributed by atoms with van der Waals surface area (Å²) in [5.41, 5.74) is 3.94. The van der Waals surface area contributed by atoms with E-state index in [4.69, 9.17) is 9.47 Å². The van der Waals surface area contributed by atoms with Crippen molar-refractivity contribution in [3.63, 3.8) is 0 Å². The van der Waals surface area contributed by atoms with Crippen molar-refractivity contribution >= 4 is 5.91 Å². The Kier molecular flexibility index (Phi) is 6.78.